The second kappa shape index (κ2) is 6.32. The van der Waals surface area contributed by atoms with Crippen LogP contribution >= 0.6 is 0 Å². The molecule has 1 aliphatic rings. The van der Waals surface area contributed by atoms with Crippen molar-refractivity contribution in [2.45, 2.75) is 19.5 Å². The summed E-state index contributed by atoms with van der Waals surface area (Å²) < 4.78 is 0. The summed E-state index contributed by atoms with van der Waals surface area (Å²) in [6.45, 7) is 8.02. The van der Waals surface area contributed by atoms with Gasteiger partial charge in [0.15, 0.2) is 0 Å². The summed E-state index contributed by atoms with van der Waals surface area (Å²) in [5.41, 5.74) is 2.81. The first-order chi connectivity index (χ1) is 8.69. The quantitative estimate of drug-likeness (QED) is 0.874. The Bertz CT molecular complexity index is 370. The van der Waals surface area contributed by atoms with Crippen molar-refractivity contribution in [1.82, 2.24) is 15.1 Å². The van der Waals surface area contributed by atoms with Gasteiger partial charge in [0.2, 0.25) is 0 Å². The average molecular weight is 247 g/mol. The molecule has 3 nitrogen and oxygen atoms in total. The van der Waals surface area contributed by atoms with Crippen LogP contribution in [-0.2, 0) is 6.54 Å². The molecule has 1 N–H and O–H groups in total. The maximum absolute atomic E-state index is 3.30. The predicted molar refractivity (Wildman–Crippen MR) is 76.7 cm³/mol. The van der Waals surface area contributed by atoms with Crippen molar-refractivity contribution in [3.8, 4) is 0 Å². The van der Waals surface area contributed by atoms with E-state index in [1.54, 1.807) is 0 Å². The Morgan fingerprint density at radius 1 is 1.22 bits per heavy atom. The number of piperazine rings is 1. The highest BCUT2D eigenvalue weighted by molar-refractivity contribution is 5.25. The number of hydrogen-bond acceptors (Lipinski definition) is 3. The van der Waals surface area contributed by atoms with E-state index >= 15 is 0 Å². The van der Waals surface area contributed by atoms with Gasteiger partial charge in [-0.15, -0.1) is 0 Å². The van der Waals surface area contributed by atoms with E-state index in [0.717, 1.165) is 6.54 Å². The largest absolute Gasteiger partial charge is 0.313 e. The van der Waals surface area contributed by atoms with Crippen LogP contribution < -0.4 is 5.32 Å². The zero-order chi connectivity index (χ0) is 13.0. The van der Waals surface area contributed by atoms with Gasteiger partial charge in [-0.05, 0) is 32.1 Å². The first-order valence-electron chi connectivity index (χ1n) is 6.86. The number of likely N-dealkylation sites (N-methyl/N-ethyl adjacent to an activating group) is 1. The summed E-state index contributed by atoms with van der Waals surface area (Å²) in [7, 11) is 4.21. The van der Waals surface area contributed by atoms with Crippen LogP contribution in [0.4, 0.5) is 0 Å². The minimum Gasteiger partial charge on any atom is -0.313 e. The Hall–Kier alpha value is -0.900. The van der Waals surface area contributed by atoms with E-state index in [1.165, 1.54) is 37.3 Å². The average Bonchev–Trinajstić information content (AvgIpc) is 2.41. The molecule has 1 atom stereocenters. The summed E-state index contributed by atoms with van der Waals surface area (Å²) in [5, 5.41) is 3.30. The molecular weight excluding hydrogens is 222 g/mol. The lowest BCUT2D eigenvalue weighted by Gasteiger charge is -2.32. The number of nitrogens with zero attached hydrogens (tertiary/aromatic N) is 2. The number of hydrogen-bond donors (Lipinski definition) is 1. The number of rotatable bonds is 4. The Labute approximate surface area is 111 Å². The first kappa shape index (κ1) is 13.5. The third-order valence-corrected chi connectivity index (χ3v) is 3.89. The van der Waals surface area contributed by atoms with Gasteiger partial charge in [-0.25, -0.2) is 0 Å². The van der Waals surface area contributed by atoms with Gasteiger partial charge < -0.3 is 10.2 Å². The Balaban J connectivity index is 1.96. The highest BCUT2D eigenvalue weighted by Crippen LogP contribution is 2.15. The SMILES string of the molecule is CNC(C)c1cccc(CN2CCN(C)CC2)c1. The first-order valence-corrected chi connectivity index (χ1v) is 6.86. The minimum atomic E-state index is 0.428. The fraction of sp³-hybridized carbons (Fsp3) is 0.600. The van der Waals surface area contributed by atoms with Gasteiger partial charge in [0.1, 0.15) is 0 Å². The maximum Gasteiger partial charge on any atom is 0.0289 e. The van der Waals surface area contributed by atoms with Crippen LogP contribution in [-0.4, -0.2) is 50.1 Å². The van der Waals surface area contributed by atoms with E-state index < -0.39 is 0 Å². The summed E-state index contributed by atoms with van der Waals surface area (Å²) in [6, 6.07) is 9.38. The van der Waals surface area contributed by atoms with Gasteiger partial charge in [0.25, 0.3) is 0 Å². The summed E-state index contributed by atoms with van der Waals surface area (Å²) in [5.74, 6) is 0. The molecular formula is C15H25N3. The standard InChI is InChI=1S/C15H25N3/c1-13(16-2)15-6-4-5-14(11-15)12-18-9-7-17(3)8-10-18/h4-6,11,13,16H,7-10,12H2,1-3H3. The molecule has 0 spiro atoms. The summed E-state index contributed by atoms with van der Waals surface area (Å²) in [4.78, 5) is 4.94. The van der Waals surface area contributed by atoms with Crippen LogP contribution in [0.5, 0.6) is 0 Å². The van der Waals surface area contributed by atoms with E-state index in [1.807, 2.05) is 7.05 Å². The lowest BCUT2D eigenvalue weighted by atomic mass is 10.0. The van der Waals surface area contributed by atoms with Gasteiger partial charge in [-0.1, -0.05) is 24.3 Å². The number of nitrogens with one attached hydrogen (secondary N) is 1. The molecule has 0 bridgehead atoms. The lowest BCUT2D eigenvalue weighted by Crippen LogP contribution is -2.43. The van der Waals surface area contributed by atoms with Gasteiger partial charge in [-0.3, -0.25) is 4.90 Å². The molecule has 1 aliphatic heterocycles. The smallest absolute Gasteiger partial charge is 0.0289 e. The van der Waals surface area contributed by atoms with E-state index in [9.17, 15) is 0 Å². The third-order valence-electron chi connectivity index (χ3n) is 3.89. The van der Waals surface area contributed by atoms with Crippen LogP contribution in [0.3, 0.4) is 0 Å². The van der Waals surface area contributed by atoms with E-state index in [2.05, 4.69) is 53.4 Å². The van der Waals surface area contributed by atoms with Gasteiger partial charge >= 0.3 is 0 Å². The highest BCUT2D eigenvalue weighted by Gasteiger charge is 2.14. The zero-order valence-electron chi connectivity index (χ0n) is 11.8. The van der Waals surface area contributed by atoms with Crippen LogP contribution in [0.1, 0.15) is 24.1 Å². The molecule has 1 saturated heterocycles. The van der Waals surface area contributed by atoms with Crippen molar-refractivity contribution >= 4 is 0 Å². The third kappa shape index (κ3) is 3.55. The topological polar surface area (TPSA) is 18.5 Å². The predicted octanol–water partition coefficient (Wildman–Crippen LogP) is 1.71. The molecule has 1 aromatic rings. The van der Waals surface area contributed by atoms with Crippen molar-refractivity contribution < 1.29 is 0 Å². The second-order valence-electron chi connectivity index (χ2n) is 5.33. The van der Waals surface area contributed by atoms with Crippen LogP contribution in [0, 0.1) is 0 Å². The number of benzene rings is 1. The molecule has 0 aromatic heterocycles. The van der Waals surface area contributed by atoms with Crippen LogP contribution in [0.25, 0.3) is 0 Å². The van der Waals surface area contributed by atoms with Gasteiger partial charge in [-0.2, -0.15) is 0 Å². The second-order valence-corrected chi connectivity index (χ2v) is 5.33. The molecule has 1 aromatic carbocycles. The van der Waals surface area contributed by atoms with Crippen molar-refractivity contribution in [3.63, 3.8) is 0 Å². The fourth-order valence-electron chi connectivity index (χ4n) is 2.39. The van der Waals surface area contributed by atoms with Crippen LogP contribution in [0.15, 0.2) is 24.3 Å². The van der Waals surface area contributed by atoms with E-state index in [0.29, 0.717) is 6.04 Å². The molecule has 2 rings (SSSR count). The molecule has 0 amide bonds. The minimum absolute atomic E-state index is 0.428. The van der Waals surface area contributed by atoms with E-state index in [4.69, 9.17) is 0 Å². The molecule has 100 valence electrons. The van der Waals surface area contributed by atoms with Gasteiger partial charge in [0, 0.05) is 38.8 Å². The van der Waals surface area contributed by atoms with Crippen molar-refractivity contribution in [2.24, 2.45) is 0 Å². The monoisotopic (exact) mass is 247 g/mol. The molecule has 0 saturated carbocycles. The zero-order valence-corrected chi connectivity index (χ0v) is 11.8. The Kier molecular flexibility index (Phi) is 4.75. The van der Waals surface area contributed by atoms with Crippen molar-refractivity contribution in [2.75, 3.05) is 40.3 Å². The fourth-order valence-corrected chi connectivity index (χ4v) is 2.39. The highest BCUT2D eigenvalue weighted by atomic mass is 15.2. The normalized spacial score (nSPS) is 19.9. The lowest BCUT2D eigenvalue weighted by molar-refractivity contribution is 0.148. The van der Waals surface area contributed by atoms with Crippen molar-refractivity contribution in [3.05, 3.63) is 35.4 Å². The molecule has 0 radical (unpaired) electrons. The molecule has 1 unspecified atom stereocenters. The van der Waals surface area contributed by atoms with E-state index in [-0.39, 0.29) is 0 Å². The molecule has 1 heterocycles. The summed E-state index contributed by atoms with van der Waals surface area (Å²) in [6.07, 6.45) is 0. The van der Waals surface area contributed by atoms with Crippen LogP contribution in [0.2, 0.25) is 0 Å². The van der Waals surface area contributed by atoms with Crippen molar-refractivity contribution in [1.29, 1.82) is 0 Å². The summed E-state index contributed by atoms with van der Waals surface area (Å²) >= 11 is 0. The molecule has 1 fully saturated rings. The molecule has 3 heteroatoms. The Morgan fingerprint density at radius 3 is 2.61 bits per heavy atom. The Morgan fingerprint density at radius 2 is 1.94 bits per heavy atom. The maximum atomic E-state index is 3.30. The molecule has 0 aliphatic carbocycles. The van der Waals surface area contributed by atoms with Gasteiger partial charge in [0.05, 0.1) is 0 Å². The molecule has 18 heavy (non-hydrogen) atoms.